The number of hydrogen-bond acceptors (Lipinski definition) is 1. The first kappa shape index (κ1) is 8.89. The van der Waals surface area contributed by atoms with Gasteiger partial charge in [-0.25, -0.2) is 0 Å². The van der Waals surface area contributed by atoms with Crippen LogP contribution in [0.5, 0.6) is 0 Å². The minimum atomic E-state index is -0.0475. The second-order valence-corrected chi connectivity index (χ2v) is 3.33. The first-order chi connectivity index (χ1) is 4.09. The van der Waals surface area contributed by atoms with Gasteiger partial charge in [0.05, 0.1) is 4.83 Å². The molecule has 52 valence electrons. The van der Waals surface area contributed by atoms with Crippen molar-refractivity contribution in [3.05, 3.63) is 11.6 Å². The third-order valence-electron chi connectivity index (χ3n) is 1.18. The van der Waals surface area contributed by atoms with Crippen molar-refractivity contribution < 1.29 is 4.79 Å². The van der Waals surface area contributed by atoms with Crippen LogP contribution < -0.4 is 0 Å². The molecule has 1 nitrogen and oxygen atoms in total. The van der Waals surface area contributed by atoms with Gasteiger partial charge in [0.2, 0.25) is 0 Å². The minimum absolute atomic E-state index is 0.0475. The van der Waals surface area contributed by atoms with Crippen molar-refractivity contribution in [3.8, 4) is 0 Å². The van der Waals surface area contributed by atoms with Gasteiger partial charge in [0.1, 0.15) is 0 Å². The topological polar surface area (TPSA) is 17.1 Å². The molecule has 2 heteroatoms. The van der Waals surface area contributed by atoms with Crippen LogP contribution in [0.15, 0.2) is 11.6 Å². The lowest BCUT2D eigenvalue weighted by atomic mass is 10.1. The van der Waals surface area contributed by atoms with Crippen molar-refractivity contribution in [3.63, 3.8) is 0 Å². The standard InChI is InChI=1S/C7H11BrO/c1-4-5(2)7(9)6(3)8/h4,6H,1-3H3/b5-4+. The molecule has 0 N–H and O–H groups in total. The molecular weight excluding hydrogens is 180 g/mol. The van der Waals surface area contributed by atoms with Crippen LogP contribution in [0.2, 0.25) is 0 Å². The van der Waals surface area contributed by atoms with Gasteiger partial charge in [0.15, 0.2) is 5.78 Å². The maximum absolute atomic E-state index is 11.0. The van der Waals surface area contributed by atoms with E-state index in [0.717, 1.165) is 5.57 Å². The molecule has 0 amide bonds. The molecule has 0 aliphatic rings. The molecule has 0 aliphatic carbocycles. The fraction of sp³-hybridized carbons (Fsp3) is 0.571. The summed E-state index contributed by atoms with van der Waals surface area (Å²) in [6.45, 7) is 5.51. The molecule has 0 aliphatic heterocycles. The maximum atomic E-state index is 11.0. The Morgan fingerprint density at radius 2 is 2.11 bits per heavy atom. The van der Waals surface area contributed by atoms with E-state index in [1.165, 1.54) is 0 Å². The summed E-state index contributed by atoms with van der Waals surface area (Å²) in [6.07, 6.45) is 1.82. The molecule has 0 heterocycles. The Kier molecular flexibility index (Phi) is 3.78. The molecule has 0 saturated carbocycles. The highest BCUT2D eigenvalue weighted by molar-refractivity contribution is 9.10. The fourth-order valence-electron chi connectivity index (χ4n) is 0.456. The smallest absolute Gasteiger partial charge is 0.171 e. The van der Waals surface area contributed by atoms with Gasteiger partial charge in [-0.3, -0.25) is 4.79 Å². The maximum Gasteiger partial charge on any atom is 0.171 e. The van der Waals surface area contributed by atoms with Gasteiger partial charge < -0.3 is 0 Å². The molecule has 0 aromatic heterocycles. The lowest BCUT2D eigenvalue weighted by molar-refractivity contribution is -0.114. The number of halogens is 1. The summed E-state index contributed by atoms with van der Waals surface area (Å²) in [6, 6.07) is 0. The van der Waals surface area contributed by atoms with E-state index < -0.39 is 0 Å². The number of alkyl halides is 1. The summed E-state index contributed by atoms with van der Waals surface area (Å²) in [4.78, 5) is 10.9. The predicted octanol–water partition coefficient (Wildman–Crippen LogP) is 2.31. The zero-order valence-electron chi connectivity index (χ0n) is 5.94. The number of hydrogen-bond donors (Lipinski definition) is 0. The Hall–Kier alpha value is -0.110. The molecule has 0 radical (unpaired) electrons. The van der Waals surface area contributed by atoms with E-state index in [-0.39, 0.29) is 10.6 Å². The minimum Gasteiger partial charge on any atom is -0.293 e. The first-order valence-corrected chi connectivity index (χ1v) is 3.82. The number of carbonyl (C=O) groups excluding carboxylic acids is 1. The van der Waals surface area contributed by atoms with Crippen LogP contribution in [-0.2, 0) is 4.79 Å². The monoisotopic (exact) mass is 190 g/mol. The van der Waals surface area contributed by atoms with Crippen LogP contribution in [-0.4, -0.2) is 10.6 Å². The van der Waals surface area contributed by atoms with Crippen LogP contribution in [0, 0.1) is 0 Å². The van der Waals surface area contributed by atoms with Gasteiger partial charge in [-0.05, 0) is 26.3 Å². The average Bonchev–Trinajstić information content (AvgIpc) is 1.84. The molecule has 1 atom stereocenters. The van der Waals surface area contributed by atoms with Crippen LogP contribution in [0.3, 0.4) is 0 Å². The Balaban J connectivity index is 4.06. The largest absolute Gasteiger partial charge is 0.293 e. The van der Waals surface area contributed by atoms with Crippen molar-refractivity contribution in [2.45, 2.75) is 25.6 Å². The summed E-state index contributed by atoms with van der Waals surface area (Å²) >= 11 is 3.19. The van der Waals surface area contributed by atoms with Crippen molar-refractivity contribution in [2.24, 2.45) is 0 Å². The highest BCUT2D eigenvalue weighted by Crippen LogP contribution is 2.06. The van der Waals surface area contributed by atoms with Crippen molar-refractivity contribution in [2.75, 3.05) is 0 Å². The normalized spacial score (nSPS) is 15.3. The zero-order valence-corrected chi connectivity index (χ0v) is 7.53. The van der Waals surface area contributed by atoms with Gasteiger partial charge >= 0.3 is 0 Å². The summed E-state index contributed by atoms with van der Waals surface area (Å²) < 4.78 is 0. The Bertz CT molecular complexity index is 136. The Labute approximate surface area is 64.3 Å². The number of allylic oxidation sites excluding steroid dienone is 2. The van der Waals surface area contributed by atoms with E-state index in [4.69, 9.17) is 0 Å². The van der Waals surface area contributed by atoms with E-state index in [0.29, 0.717) is 0 Å². The molecule has 0 aromatic rings. The van der Waals surface area contributed by atoms with E-state index in [1.807, 2.05) is 26.8 Å². The van der Waals surface area contributed by atoms with E-state index in [9.17, 15) is 4.79 Å². The van der Waals surface area contributed by atoms with Crippen LogP contribution >= 0.6 is 15.9 Å². The summed E-state index contributed by atoms with van der Waals surface area (Å²) in [7, 11) is 0. The van der Waals surface area contributed by atoms with Gasteiger partial charge in [-0.2, -0.15) is 0 Å². The van der Waals surface area contributed by atoms with Crippen LogP contribution in [0.25, 0.3) is 0 Å². The van der Waals surface area contributed by atoms with E-state index in [1.54, 1.807) is 0 Å². The molecule has 0 fully saturated rings. The van der Waals surface area contributed by atoms with Gasteiger partial charge in [0, 0.05) is 0 Å². The zero-order chi connectivity index (χ0) is 7.44. The van der Waals surface area contributed by atoms with Gasteiger partial charge in [0.25, 0.3) is 0 Å². The molecule has 1 unspecified atom stereocenters. The predicted molar refractivity (Wildman–Crippen MR) is 42.8 cm³/mol. The fourth-order valence-corrected chi connectivity index (χ4v) is 0.817. The molecule has 0 aromatic carbocycles. The average molecular weight is 191 g/mol. The summed E-state index contributed by atoms with van der Waals surface area (Å²) in [5, 5.41) is 0. The van der Waals surface area contributed by atoms with E-state index >= 15 is 0 Å². The second-order valence-electron chi connectivity index (χ2n) is 1.95. The molecule has 0 bridgehead atoms. The van der Waals surface area contributed by atoms with Crippen molar-refractivity contribution in [1.29, 1.82) is 0 Å². The van der Waals surface area contributed by atoms with Crippen LogP contribution in [0.4, 0.5) is 0 Å². The summed E-state index contributed by atoms with van der Waals surface area (Å²) in [5.74, 6) is 0.164. The molecule has 0 saturated heterocycles. The molecule has 0 spiro atoms. The molecular formula is C7H11BrO. The van der Waals surface area contributed by atoms with Gasteiger partial charge in [-0.1, -0.05) is 22.0 Å². The summed E-state index contributed by atoms with van der Waals surface area (Å²) in [5.41, 5.74) is 0.819. The number of Topliss-reactive ketones (excluding diaryl/α,β-unsaturated/α-hetero) is 1. The Morgan fingerprint density at radius 1 is 1.67 bits per heavy atom. The molecule has 9 heavy (non-hydrogen) atoms. The first-order valence-electron chi connectivity index (χ1n) is 2.90. The van der Waals surface area contributed by atoms with Crippen molar-refractivity contribution >= 4 is 21.7 Å². The van der Waals surface area contributed by atoms with Crippen molar-refractivity contribution in [1.82, 2.24) is 0 Å². The highest BCUT2D eigenvalue weighted by atomic mass is 79.9. The second kappa shape index (κ2) is 3.83. The number of carbonyl (C=O) groups is 1. The number of ketones is 1. The third kappa shape index (κ3) is 2.80. The lowest BCUT2D eigenvalue weighted by Crippen LogP contribution is -2.09. The Morgan fingerprint density at radius 3 is 2.22 bits per heavy atom. The van der Waals surface area contributed by atoms with Gasteiger partial charge in [-0.15, -0.1) is 0 Å². The SMILES string of the molecule is C/C=C(\C)C(=O)C(C)Br. The number of rotatable bonds is 2. The lowest BCUT2D eigenvalue weighted by Gasteiger charge is -1.99. The highest BCUT2D eigenvalue weighted by Gasteiger charge is 2.08. The van der Waals surface area contributed by atoms with Crippen LogP contribution in [0.1, 0.15) is 20.8 Å². The molecule has 0 rings (SSSR count). The quantitative estimate of drug-likeness (QED) is 0.483. The third-order valence-corrected chi connectivity index (χ3v) is 1.60. The van der Waals surface area contributed by atoms with E-state index in [2.05, 4.69) is 15.9 Å².